The highest BCUT2D eigenvalue weighted by Crippen LogP contribution is 2.28. The molecule has 182 valence electrons. The molecule has 5 heteroatoms. The van der Waals surface area contributed by atoms with E-state index in [0.29, 0.717) is 0 Å². The van der Waals surface area contributed by atoms with Crippen LogP contribution >= 0.6 is 0 Å². The Morgan fingerprint density at radius 1 is 0.694 bits per heavy atom. The van der Waals surface area contributed by atoms with E-state index in [9.17, 15) is 0 Å². The van der Waals surface area contributed by atoms with Gasteiger partial charge < -0.3 is 14.7 Å². The summed E-state index contributed by atoms with van der Waals surface area (Å²) in [5.41, 5.74) is 9.67. The van der Waals surface area contributed by atoms with Crippen LogP contribution in [-0.4, -0.2) is 27.0 Å². The van der Waals surface area contributed by atoms with Gasteiger partial charge in [0.05, 0.1) is 18.5 Å². The molecule has 2 N–H and O–H groups in total. The molecule has 36 heavy (non-hydrogen) atoms. The van der Waals surface area contributed by atoms with Crippen LogP contribution in [0.2, 0.25) is 0 Å². The maximum absolute atomic E-state index is 5.51. The summed E-state index contributed by atoms with van der Waals surface area (Å²) >= 11 is 0. The molecule has 0 radical (unpaired) electrons. The Morgan fingerprint density at radius 3 is 1.89 bits per heavy atom. The summed E-state index contributed by atoms with van der Waals surface area (Å²) in [6, 6.07) is 23.3. The number of H-pyrrole nitrogens is 2. The van der Waals surface area contributed by atoms with Gasteiger partial charge in [-0.25, -0.2) is 9.97 Å². The highest BCUT2D eigenvalue weighted by molar-refractivity contribution is 5.67. The smallest absolute Gasteiger partial charge is 0.173 e. The third-order valence-electron chi connectivity index (χ3n) is 6.72. The summed E-state index contributed by atoms with van der Waals surface area (Å²) < 4.78 is 5.51. The van der Waals surface area contributed by atoms with E-state index >= 15 is 0 Å². The van der Waals surface area contributed by atoms with Crippen molar-refractivity contribution in [2.24, 2.45) is 0 Å². The zero-order valence-electron chi connectivity index (χ0n) is 21.1. The highest BCUT2D eigenvalue weighted by Gasteiger charge is 2.15. The molecule has 5 aromatic rings. The predicted molar refractivity (Wildman–Crippen MR) is 145 cm³/mol. The Hall–Kier alpha value is -4.12. The fourth-order valence-corrected chi connectivity index (χ4v) is 4.83. The quantitative estimate of drug-likeness (QED) is 0.246. The number of hydrogen-bond donors (Lipinski definition) is 2. The number of nitrogens with one attached hydrogen (secondary N) is 2. The molecule has 3 aromatic carbocycles. The fourth-order valence-electron chi connectivity index (χ4n) is 4.83. The summed E-state index contributed by atoms with van der Waals surface area (Å²) in [7, 11) is 1.73. The van der Waals surface area contributed by atoms with Crippen LogP contribution in [0.3, 0.4) is 0 Å². The number of aryl methyl sites for hydroxylation is 2. The molecule has 0 amide bonds. The van der Waals surface area contributed by atoms with Gasteiger partial charge in [-0.15, -0.1) is 0 Å². The molecule has 5 rings (SSSR count). The molecule has 2 heterocycles. The molecule has 0 aliphatic rings. The lowest BCUT2D eigenvalue weighted by Crippen LogP contribution is -2.02. The van der Waals surface area contributed by atoms with Crippen molar-refractivity contribution in [1.82, 2.24) is 19.9 Å². The molecule has 0 saturated carbocycles. The molecule has 2 aromatic heterocycles. The first kappa shape index (κ1) is 23.6. The fraction of sp³-hybridized carbons (Fsp3) is 0.226. The summed E-state index contributed by atoms with van der Waals surface area (Å²) in [6.45, 7) is 4.38. The van der Waals surface area contributed by atoms with Crippen LogP contribution in [0.15, 0.2) is 79.1 Å². The Balaban J connectivity index is 1.36. The highest BCUT2D eigenvalue weighted by atomic mass is 16.5. The van der Waals surface area contributed by atoms with Crippen molar-refractivity contribution in [3.63, 3.8) is 0 Å². The summed E-state index contributed by atoms with van der Waals surface area (Å²) in [4.78, 5) is 16.4. The van der Waals surface area contributed by atoms with Crippen LogP contribution in [0, 0.1) is 0 Å². The van der Waals surface area contributed by atoms with E-state index in [-0.39, 0.29) is 0 Å². The van der Waals surface area contributed by atoms with Gasteiger partial charge in [-0.3, -0.25) is 0 Å². The first-order chi connectivity index (χ1) is 17.7. The lowest BCUT2D eigenvalue weighted by atomic mass is 9.94. The minimum Gasteiger partial charge on any atom is -0.497 e. The number of rotatable bonds is 9. The summed E-state index contributed by atoms with van der Waals surface area (Å²) in [5, 5.41) is 0. The standard InChI is InChI=1S/C31H32N4O/c1-4-21-16-27(36-3)17-22(5-2)29(21)18-26-20-33-31(35-26)30-32-19-25(34-30)15-24-13-9-10-14-28(24)23-11-7-6-8-12-23/h6-14,16-17,19-20H,4-5,15,18H2,1-3H3,(H,32,34)(H,33,35). The molecule has 0 spiro atoms. The monoisotopic (exact) mass is 476 g/mol. The summed E-state index contributed by atoms with van der Waals surface area (Å²) in [6.07, 6.45) is 7.43. The Bertz CT molecular complexity index is 1420. The van der Waals surface area contributed by atoms with Gasteiger partial charge in [-0.2, -0.15) is 0 Å². The third kappa shape index (κ3) is 4.96. The van der Waals surface area contributed by atoms with Crippen LogP contribution in [-0.2, 0) is 25.7 Å². The first-order valence-electron chi connectivity index (χ1n) is 12.6. The van der Waals surface area contributed by atoms with E-state index in [2.05, 4.69) is 84.5 Å². The van der Waals surface area contributed by atoms with E-state index in [1.165, 1.54) is 33.4 Å². The largest absolute Gasteiger partial charge is 0.497 e. The minimum absolute atomic E-state index is 0.751. The molecule has 0 aliphatic carbocycles. The predicted octanol–water partition coefficient (Wildman–Crippen LogP) is 6.78. The van der Waals surface area contributed by atoms with Gasteiger partial charge in [0.1, 0.15) is 5.75 Å². The topological polar surface area (TPSA) is 66.6 Å². The normalized spacial score (nSPS) is 11.1. The molecular weight excluding hydrogens is 444 g/mol. The molecule has 5 nitrogen and oxygen atoms in total. The van der Waals surface area contributed by atoms with Crippen molar-refractivity contribution in [1.29, 1.82) is 0 Å². The Morgan fingerprint density at radius 2 is 1.28 bits per heavy atom. The van der Waals surface area contributed by atoms with Crippen LogP contribution in [0.5, 0.6) is 5.75 Å². The molecule has 0 atom stereocenters. The third-order valence-corrected chi connectivity index (χ3v) is 6.72. The van der Waals surface area contributed by atoms with E-state index in [0.717, 1.165) is 54.5 Å². The van der Waals surface area contributed by atoms with Crippen LogP contribution < -0.4 is 4.74 Å². The number of nitrogens with zero attached hydrogens (tertiary/aromatic N) is 2. The maximum Gasteiger partial charge on any atom is 0.173 e. The first-order valence-corrected chi connectivity index (χ1v) is 12.6. The van der Waals surface area contributed by atoms with Crippen LogP contribution in [0.1, 0.15) is 47.5 Å². The van der Waals surface area contributed by atoms with Crippen LogP contribution in [0.25, 0.3) is 22.8 Å². The second kappa shape index (κ2) is 10.6. The number of benzene rings is 3. The van der Waals surface area contributed by atoms with Crippen molar-refractivity contribution in [3.05, 3.63) is 113 Å². The number of hydrogen-bond acceptors (Lipinski definition) is 3. The van der Waals surface area contributed by atoms with Gasteiger partial charge >= 0.3 is 0 Å². The molecule has 0 unspecified atom stereocenters. The van der Waals surface area contributed by atoms with Crippen molar-refractivity contribution in [2.45, 2.75) is 39.5 Å². The summed E-state index contributed by atoms with van der Waals surface area (Å²) in [5.74, 6) is 2.44. The SMILES string of the molecule is CCc1cc(OC)cc(CC)c1Cc1c[nH]c(-c2nc(Cc3ccccc3-c3ccccc3)c[nH]2)n1. The number of aromatic nitrogens is 4. The van der Waals surface area contributed by atoms with Crippen molar-refractivity contribution >= 4 is 0 Å². The number of ether oxygens (including phenoxy) is 1. The lowest BCUT2D eigenvalue weighted by molar-refractivity contribution is 0.413. The van der Waals surface area contributed by atoms with Gasteiger partial charge in [0.2, 0.25) is 0 Å². The zero-order valence-corrected chi connectivity index (χ0v) is 21.1. The molecule has 0 fully saturated rings. The van der Waals surface area contributed by atoms with Crippen LogP contribution in [0.4, 0.5) is 0 Å². The second-order valence-electron chi connectivity index (χ2n) is 8.99. The Labute approximate surface area is 212 Å². The van der Waals surface area contributed by atoms with Gasteiger partial charge in [0.15, 0.2) is 11.6 Å². The van der Waals surface area contributed by atoms with Crippen molar-refractivity contribution < 1.29 is 4.74 Å². The zero-order chi connectivity index (χ0) is 24.9. The average Bonchev–Trinajstić information content (AvgIpc) is 3.59. The minimum atomic E-state index is 0.751. The van der Waals surface area contributed by atoms with Crippen molar-refractivity contribution in [3.8, 4) is 28.5 Å². The Kier molecular flexibility index (Phi) is 6.99. The van der Waals surface area contributed by atoms with E-state index in [1.807, 2.05) is 18.5 Å². The van der Waals surface area contributed by atoms with Gasteiger partial charge in [-0.05, 0) is 58.4 Å². The van der Waals surface area contributed by atoms with Gasteiger partial charge in [-0.1, -0.05) is 68.4 Å². The lowest BCUT2D eigenvalue weighted by Gasteiger charge is -2.14. The van der Waals surface area contributed by atoms with E-state index < -0.39 is 0 Å². The maximum atomic E-state index is 5.51. The molecule has 0 aliphatic heterocycles. The average molecular weight is 477 g/mol. The van der Waals surface area contributed by atoms with Gasteiger partial charge in [0, 0.05) is 25.2 Å². The molecule has 0 saturated heterocycles. The van der Waals surface area contributed by atoms with E-state index in [1.54, 1.807) is 7.11 Å². The van der Waals surface area contributed by atoms with Gasteiger partial charge in [0.25, 0.3) is 0 Å². The number of aromatic amines is 2. The number of methoxy groups -OCH3 is 1. The molecule has 0 bridgehead atoms. The van der Waals surface area contributed by atoms with Crippen molar-refractivity contribution in [2.75, 3.05) is 7.11 Å². The van der Waals surface area contributed by atoms with E-state index in [4.69, 9.17) is 14.7 Å². The number of imidazole rings is 2. The molecular formula is C31H32N4O. The second-order valence-corrected chi connectivity index (χ2v) is 8.99.